The molecule has 1 heterocycles. The van der Waals surface area contributed by atoms with E-state index >= 15 is 0 Å². The Hall–Kier alpha value is -2.53. The molecule has 1 aliphatic rings. The van der Waals surface area contributed by atoms with Crippen molar-refractivity contribution in [1.82, 2.24) is 4.90 Å². The molecule has 3 rings (SSSR count). The van der Waals surface area contributed by atoms with Gasteiger partial charge in [-0.3, -0.25) is 4.79 Å². The molecular weight excluding hydrogens is 330 g/mol. The van der Waals surface area contributed by atoms with E-state index in [4.69, 9.17) is 14.2 Å². The number of benzene rings is 2. The van der Waals surface area contributed by atoms with Gasteiger partial charge in [0.05, 0.1) is 20.3 Å². The molecule has 1 fully saturated rings. The first-order chi connectivity index (χ1) is 12.6. The number of aryl methyl sites for hydroxylation is 2. The van der Waals surface area contributed by atoms with Crippen LogP contribution in [0.4, 0.5) is 0 Å². The minimum atomic E-state index is -0.164. The molecule has 26 heavy (non-hydrogen) atoms. The number of carbonyl (C=O) groups is 1. The topological polar surface area (TPSA) is 48.0 Å². The minimum Gasteiger partial charge on any atom is -0.493 e. The average molecular weight is 355 g/mol. The van der Waals surface area contributed by atoms with Gasteiger partial charge in [0.1, 0.15) is 12.7 Å². The zero-order valence-corrected chi connectivity index (χ0v) is 15.5. The van der Waals surface area contributed by atoms with Gasteiger partial charge in [0.15, 0.2) is 11.5 Å². The van der Waals surface area contributed by atoms with Gasteiger partial charge < -0.3 is 19.1 Å². The number of morpholine rings is 1. The van der Waals surface area contributed by atoms with Crippen molar-refractivity contribution in [2.24, 2.45) is 0 Å². The maximum atomic E-state index is 12.8. The molecule has 1 atom stereocenters. The van der Waals surface area contributed by atoms with Crippen LogP contribution in [0.25, 0.3) is 0 Å². The number of carbonyl (C=O) groups excluding carboxylic acids is 1. The first-order valence-corrected chi connectivity index (χ1v) is 8.82. The summed E-state index contributed by atoms with van der Waals surface area (Å²) >= 11 is 0. The fourth-order valence-electron chi connectivity index (χ4n) is 3.06. The molecule has 0 spiro atoms. The highest BCUT2D eigenvalue weighted by Gasteiger charge is 2.26. The summed E-state index contributed by atoms with van der Waals surface area (Å²) in [5, 5.41) is 0. The van der Waals surface area contributed by atoms with Gasteiger partial charge in [-0.1, -0.05) is 24.3 Å². The van der Waals surface area contributed by atoms with Gasteiger partial charge in [-0.05, 0) is 43.2 Å². The van der Waals surface area contributed by atoms with Crippen LogP contribution in [-0.2, 0) is 4.74 Å². The predicted molar refractivity (Wildman–Crippen MR) is 100 cm³/mol. The lowest BCUT2D eigenvalue weighted by molar-refractivity contribution is -0.0404. The molecule has 5 heteroatoms. The van der Waals surface area contributed by atoms with Crippen molar-refractivity contribution < 1.29 is 19.0 Å². The fraction of sp³-hybridized carbons (Fsp3) is 0.381. The quantitative estimate of drug-likeness (QED) is 0.826. The lowest BCUT2D eigenvalue weighted by atomic mass is 10.1. The van der Waals surface area contributed by atoms with Crippen LogP contribution >= 0.6 is 0 Å². The second kappa shape index (κ2) is 8.23. The first kappa shape index (κ1) is 18.3. The Balaban J connectivity index is 1.62. The van der Waals surface area contributed by atoms with E-state index in [0.29, 0.717) is 37.8 Å². The Kier molecular flexibility index (Phi) is 5.78. The van der Waals surface area contributed by atoms with Crippen LogP contribution in [0.15, 0.2) is 42.5 Å². The van der Waals surface area contributed by atoms with E-state index < -0.39 is 0 Å². The zero-order valence-electron chi connectivity index (χ0n) is 15.5. The van der Waals surface area contributed by atoms with E-state index in [0.717, 1.165) is 16.7 Å². The molecule has 1 aliphatic heterocycles. The summed E-state index contributed by atoms with van der Waals surface area (Å²) < 4.78 is 17.0. The van der Waals surface area contributed by atoms with Crippen molar-refractivity contribution in [2.75, 3.05) is 33.4 Å². The Morgan fingerprint density at radius 2 is 2.00 bits per heavy atom. The van der Waals surface area contributed by atoms with Crippen molar-refractivity contribution in [3.63, 3.8) is 0 Å². The highest BCUT2D eigenvalue weighted by molar-refractivity contribution is 5.95. The summed E-state index contributed by atoms with van der Waals surface area (Å²) in [6, 6.07) is 13.5. The van der Waals surface area contributed by atoms with E-state index in [1.54, 1.807) is 7.11 Å². The number of hydrogen-bond acceptors (Lipinski definition) is 4. The van der Waals surface area contributed by atoms with Gasteiger partial charge in [0.2, 0.25) is 0 Å². The van der Waals surface area contributed by atoms with Crippen LogP contribution < -0.4 is 9.47 Å². The molecule has 2 aromatic carbocycles. The van der Waals surface area contributed by atoms with Gasteiger partial charge in [0.25, 0.3) is 5.91 Å². The fourth-order valence-corrected chi connectivity index (χ4v) is 3.06. The normalized spacial score (nSPS) is 17.0. The van der Waals surface area contributed by atoms with Crippen LogP contribution in [0.1, 0.15) is 21.5 Å². The lowest BCUT2D eigenvalue weighted by Gasteiger charge is -2.33. The standard InChI is InChI=1S/C21H25NO4/c1-15-8-9-19(20(12-15)24-3)26-14-17-13-22(10-11-25-17)21(23)18-7-5-4-6-16(18)2/h4-9,12,17H,10-11,13-14H2,1-3H3/t17-/m0/s1. The smallest absolute Gasteiger partial charge is 0.254 e. The summed E-state index contributed by atoms with van der Waals surface area (Å²) in [5.41, 5.74) is 2.84. The van der Waals surface area contributed by atoms with Gasteiger partial charge in [-0.25, -0.2) is 0 Å². The van der Waals surface area contributed by atoms with Crippen LogP contribution in [0, 0.1) is 13.8 Å². The number of nitrogens with zero attached hydrogens (tertiary/aromatic N) is 1. The molecule has 0 bridgehead atoms. The molecule has 0 saturated carbocycles. The summed E-state index contributed by atoms with van der Waals surface area (Å²) in [7, 11) is 1.63. The lowest BCUT2D eigenvalue weighted by Crippen LogP contribution is -2.47. The van der Waals surface area contributed by atoms with Crippen LogP contribution in [-0.4, -0.2) is 50.3 Å². The predicted octanol–water partition coefficient (Wildman–Crippen LogP) is 3.23. The average Bonchev–Trinajstić information content (AvgIpc) is 2.67. The van der Waals surface area contributed by atoms with Crippen molar-refractivity contribution in [2.45, 2.75) is 20.0 Å². The monoisotopic (exact) mass is 355 g/mol. The maximum absolute atomic E-state index is 12.8. The zero-order chi connectivity index (χ0) is 18.5. The molecule has 2 aromatic rings. The van der Waals surface area contributed by atoms with E-state index in [9.17, 15) is 4.79 Å². The summed E-state index contributed by atoms with van der Waals surface area (Å²) in [4.78, 5) is 14.6. The second-order valence-corrected chi connectivity index (χ2v) is 6.52. The summed E-state index contributed by atoms with van der Waals surface area (Å²) in [6.45, 7) is 5.95. The SMILES string of the molecule is COc1cc(C)ccc1OC[C@@H]1CN(C(=O)c2ccccc2C)CCO1. The van der Waals surface area contributed by atoms with E-state index in [-0.39, 0.29) is 12.0 Å². The molecule has 0 unspecified atom stereocenters. The number of amides is 1. The van der Waals surface area contributed by atoms with Crippen molar-refractivity contribution in [1.29, 1.82) is 0 Å². The number of ether oxygens (including phenoxy) is 3. The first-order valence-electron chi connectivity index (χ1n) is 8.82. The maximum Gasteiger partial charge on any atom is 0.254 e. The van der Waals surface area contributed by atoms with Gasteiger partial charge >= 0.3 is 0 Å². The number of hydrogen-bond donors (Lipinski definition) is 0. The molecule has 5 nitrogen and oxygen atoms in total. The van der Waals surface area contributed by atoms with E-state index in [1.807, 2.05) is 61.2 Å². The third-order valence-corrected chi connectivity index (χ3v) is 4.55. The molecule has 1 saturated heterocycles. The van der Waals surface area contributed by atoms with Gasteiger partial charge in [-0.2, -0.15) is 0 Å². The molecule has 138 valence electrons. The molecule has 0 N–H and O–H groups in total. The van der Waals surface area contributed by atoms with Crippen LogP contribution in [0.3, 0.4) is 0 Å². The van der Waals surface area contributed by atoms with Crippen molar-refractivity contribution >= 4 is 5.91 Å². The molecular formula is C21H25NO4. The Bertz CT molecular complexity index is 774. The third-order valence-electron chi connectivity index (χ3n) is 4.55. The molecule has 0 aliphatic carbocycles. The number of methoxy groups -OCH3 is 1. The highest BCUT2D eigenvalue weighted by Crippen LogP contribution is 2.28. The Morgan fingerprint density at radius 3 is 2.77 bits per heavy atom. The van der Waals surface area contributed by atoms with E-state index in [2.05, 4.69) is 0 Å². The van der Waals surface area contributed by atoms with Gasteiger partial charge in [-0.15, -0.1) is 0 Å². The highest BCUT2D eigenvalue weighted by atomic mass is 16.5. The van der Waals surface area contributed by atoms with E-state index in [1.165, 1.54) is 0 Å². The Labute approximate surface area is 154 Å². The van der Waals surface area contributed by atoms with Crippen LogP contribution in [0.2, 0.25) is 0 Å². The molecule has 1 amide bonds. The van der Waals surface area contributed by atoms with Crippen molar-refractivity contribution in [3.05, 3.63) is 59.2 Å². The Morgan fingerprint density at radius 1 is 1.19 bits per heavy atom. The van der Waals surface area contributed by atoms with Crippen LogP contribution in [0.5, 0.6) is 11.5 Å². The molecule has 0 radical (unpaired) electrons. The number of rotatable bonds is 5. The summed E-state index contributed by atoms with van der Waals surface area (Å²) in [6.07, 6.45) is -0.164. The molecule has 0 aromatic heterocycles. The largest absolute Gasteiger partial charge is 0.493 e. The second-order valence-electron chi connectivity index (χ2n) is 6.52. The van der Waals surface area contributed by atoms with Gasteiger partial charge in [0, 0.05) is 12.1 Å². The third kappa shape index (κ3) is 4.17. The van der Waals surface area contributed by atoms with Crippen molar-refractivity contribution in [3.8, 4) is 11.5 Å². The summed E-state index contributed by atoms with van der Waals surface area (Å²) in [5.74, 6) is 1.43. The minimum absolute atomic E-state index is 0.0457.